The molecule has 160 valence electrons. The number of para-hydroxylation sites is 1. The van der Waals surface area contributed by atoms with Crippen molar-refractivity contribution in [3.63, 3.8) is 0 Å². The maximum atomic E-state index is 13.6. The number of amides is 2. The molecule has 0 radical (unpaired) electrons. The lowest BCUT2D eigenvalue weighted by atomic mass is 9.97. The number of hydrogen-bond donors (Lipinski definition) is 1. The van der Waals surface area contributed by atoms with Crippen molar-refractivity contribution in [2.75, 3.05) is 0 Å². The molecule has 32 heavy (non-hydrogen) atoms. The highest BCUT2D eigenvalue weighted by Gasteiger charge is 2.33. The number of rotatable bonds is 3. The van der Waals surface area contributed by atoms with Crippen LogP contribution in [0.3, 0.4) is 0 Å². The van der Waals surface area contributed by atoms with Gasteiger partial charge in [0, 0.05) is 18.4 Å². The number of carbonyl (C=O) groups excluding carboxylic acids is 1. The average Bonchev–Trinajstić information content (AvgIpc) is 3.24. The van der Waals surface area contributed by atoms with E-state index in [4.69, 9.17) is 0 Å². The van der Waals surface area contributed by atoms with Gasteiger partial charge in [0.25, 0.3) is 0 Å². The van der Waals surface area contributed by atoms with Crippen molar-refractivity contribution in [2.24, 2.45) is 0 Å². The monoisotopic (exact) mass is 425 g/mol. The highest BCUT2D eigenvalue weighted by atomic mass is 19.1. The van der Waals surface area contributed by atoms with Gasteiger partial charge >= 0.3 is 6.03 Å². The summed E-state index contributed by atoms with van der Waals surface area (Å²) < 4.78 is 15.4. The highest BCUT2D eigenvalue weighted by molar-refractivity contribution is 5.76. The lowest BCUT2D eigenvalue weighted by Crippen LogP contribution is -2.41. The third kappa shape index (κ3) is 3.66. The number of fused-ring (bicyclic) bond motifs is 3. The van der Waals surface area contributed by atoms with E-state index >= 15 is 0 Å². The molecule has 0 saturated heterocycles. The standard InChI is InChI=1S/C27H24FN3O/c1-19-7-2-4-9-23(19)26-25-11-6-16-30(25)24-10-5-3-8-21(24)18-31(26)27(32)29-17-20-12-14-22(28)15-13-20/h2-16,26H,17-18H2,1H3,(H,29,32)/t26-/m1/s1. The van der Waals surface area contributed by atoms with Crippen LogP contribution < -0.4 is 5.32 Å². The van der Waals surface area contributed by atoms with Crippen LogP contribution in [0.5, 0.6) is 0 Å². The predicted molar refractivity (Wildman–Crippen MR) is 123 cm³/mol. The molecule has 0 fully saturated rings. The normalized spacial score (nSPS) is 14.9. The average molecular weight is 426 g/mol. The van der Waals surface area contributed by atoms with Gasteiger partial charge in [0.1, 0.15) is 11.9 Å². The molecule has 1 atom stereocenters. The van der Waals surface area contributed by atoms with Gasteiger partial charge in [0.05, 0.1) is 12.2 Å². The van der Waals surface area contributed by atoms with Crippen molar-refractivity contribution in [2.45, 2.75) is 26.1 Å². The molecule has 0 unspecified atom stereocenters. The maximum Gasteiger partial charge on any atom is 0.318 e. The fraction of sp³-hybridized carbons (Fsp3) is 0.148. The Hall–Kier alpha value is -3.86. The fourth-order valence-electron chi connectivity index (χ4n) is 4.44. The quantitative estimate of drug-likeness (QED) is 0.447. The largest absolute Gasteiger partial charge is 0.334 e. The minimum Gasteiger partial charge on any atom is -0.334 e. The van der Waals surface area contributed by atoms with E-state index in [0.717, 1.165) is 33.6 Å². The first kappa shape index (κ1) is 20.1. The summed E-state index contributed by atoms with van der Waals surface area (Å²) >= 11 is 0. The molecule has 5 heteroatoms. The Morgan fingerprint density at radius 3 is 2.53 bits per heavy atom. The van der Waals surface area contributed by atoms with E-state index in [1.54, 1.807) is 12.1 Å². The molecule has 4 nitrogen and oxygen atoms in total. The van der Waals surface area contributed by atoms with Gasteiger partial charge < -0.3 is 14.8 Å². The number of nitrogens with one attached hydrogen (secondary N) is 1. The lowest BCUT2D eigenvalue weighted by Gasteiger charge is -2.32. The summed E-state index contributed by atoms with van der Waals surface area (Å²) in [5, 5.41) is 3.04. The van der Waals surface area contributed by atoms with Crippen LogP contribution in [0.4, 0.5) is 9.18 Å². The summed E-state index contributed by atoms with van der Waals surface area (Å²) in [5.41, 5.74) is 6.29. The molecule has 3 aromatic carbocycles. The molecular formula is C27H24FN3O. The molecule has 5 rings (SSSR count). The summed E-state index contributed by atoms with van der Waals surface area (Å²) in [6, 6.07) is 26.3. The van der Waals surface area contributed by atoms with Crippen molar-refractivity contribution in [1.82, 2.24) is 14.8 Å². The Bertz CT molecular complexity index is 1260. The summed E-state index contributed by atoms with van der Waals surface area (Å²) in [5.74, 6) is -0.287. The Morgan fingerprint density at radius 2 is 1.72 bits per heavy atom. The molecule has 1 aliphatic heterocycles. The number of urea groups is 1. The van der Waals surface area contributed by atoms with E-state index in [1.807, 2.05) is 35.2 Å². The first-order valence-corrected chi connectivity index (χ1v) is 10.7. The van der Waals surface area contributed by atoms with Gasteiger partial charge in [-0.25, -0.2) is 9.18 Å². The minimum atomic E-state index is -0.287. The van der Waals surface area contributed by atoms with E-state index in [9.17, 15) is 9.18 Å². The Balaban J connectivity index is 1.56. The molecule has 0 bridgehead atoms. The van der Waals surface area contributed by atoms with Gasteiger partial charge in [-0.15, -0.1) is 0 Å². The molecule has 1 N–H and O–H groups in total. The number of hydrogen-bond acceptors (Lipinski definition) is 1. The van der Waals surface area contributed by atoms with E-state index in [-0.39, 0.29) is 17.9 Å². The van der Waals surface area contributed by atoms with Crippen molar-refractivity contribution < 1.29 is 9.18 Å². The third-order valence-corrected chi connectivity index (χ3v) is 6.06. The predicted octanol–water partition coefficient (Wildman–Crippen LogP) is 5.74. The van der Waals surface area contributed by atoms with Crippen molar-refractivity contribution in [1.29, 1.82) is 0 Å². The molecule has 4 aromatic rings. The Kier molecular flexibility index (Phi) is 5.23. The van der Waals surface area contributed by atoms with Crippen LogP contribution in [0.25, 0.3) is 5.69 Å². The van der Waals surface area contributed by atoms with E-state index in [2.05, 4.69) is 53.3 Å². The van der Waals surface area contributed by atoms with Gasteiger partial charge in [-0.3, -0.25) is 0 Å². The molecule has 0 spiro atoms. The van der Waals surface area contributed by atoms with Gasteiger partial charge in [-0.1, -0.05) is 54.6 Å². The summed E-state index contributed by atoms with van der Waals surface area (Å²) in [4.78, 5) is 15.5. The van der Waals surface area contributed by atoms with E-state index in [0.29, 0.717) is 13.1 Å². The van der Waals surface area contributed by atoms with Crippen LogP contribution >= 0.6 is 0 Å². The zero-order valence-corrected chi connectivity index (χ0v) is 17.8. The maximum absolute atomic E-state index is 13.6. The topological polar surface area (TPSA) is 37.3 Å². The SMILES string of the molecule is Cc1ccccc1[C@@H]1c2cccn2-c2ccccc2CN1C(=O)NCc1ccc(F)cc1. The summed E-state index contributed by atoms with van der Waals surface area (Å²) in [6.45, 7) is 2.89. The Morgan fingerprint density at radius 1 is 0.969 bits per heavy atom. The van der Waals surface area contributed by atoms with Crippen LogP contribution in [0.1, 0.15) is 34.0 Å². The zero-order chi connectivity index (χ0) is 22.1. The minimum absolute atomic E-state index is 0.160. The fourth-order valence-corrected chi connectivity index (χ4v) is 4.44. The highest BCUT2D eigenvalue weighted by Crippen LogP contribution is 2.37. The van der Waals surface area contributed by atoms with E-state index < -0.39 is 0 Å². The number of carbonyl (C=O) groups is 1. The molecular weight excluding hydrogens is 401 g/mol. The second-order valence-electron chi connectivity index (χ2n) is 8.10. The third-order valence-electron chi connectivity index (χ3n) is 6.06. The number of halogens is 1. The van der Waals surface area contributed by atoms with Crippen molar-refractivity contribution in [3.8, 4) is 5.69 Å². The molecule has 0 aliphatic carbocycles. The van der Waals surface area contributed by atoms with Gasteiger partial charge in [-0.05, 0) is 59.5 Å². The van der Waals surface area contributed by atoms with Crippen LogP contribution in [0.15, 0.2) is 91.1 Å². The van der Waals surface area contributed by atoms with Crippen molar-refractivity contribution >= 4 is 6.03 Å². The lowest BCUT2D eigenvalue weighted by molar-refractivity contribution is 0.180. The van der Waals surface area contributed by atoms with Crippen LogP contribution in [0.2, 0.25) is 0 Å². The summed E-state index contributed by atoms with van der Waals surface area (Å²) in [7, 11) is 0. The molecule has 2 heterocycles. The smallest absolute Gasteiger partial charge is 0.318 e. The number of aromatic nitrogens is 1. The van der Waals surface area contributed by atoms with Gasteiger partial charge in [-0.2, -0.15) is 0 Å². The van der Waals surface area contributed by atoms with Gasteiger partial charge in [0.15, 0.2) is 0 Å². The first-order chi connectivity index (χ1) is 15.6. The summed E-state index contributed by atoms with van der Waals surface area (Å²) in [6.07, 6.45) is 2.05. The van der Waals surface area contributed by atoms with Crippen LogP contribution in [-0.2, 0) is 13.1 Å². The first-order valence-electron chi connectivity index (χ1n) is 10.7. The van der Waals surface area contributed by atoms with Crippen LogP contribution in [-0.4, -0.2) is 15.5 Å². The number of aryl methyl sites for hydroxylation is 1. The second kappa shape index (κ2) is 8.35. The molecule has 1 aliphatic rings. The number of nitrogens with zero attached hydrogens (tertiary/aromatic N) is 2. The number of benzene rings is 3. The van der Waals surface area contributed by atoms with Gasteiger partial charge in [0.2, 0.25) is 0 Å². The molecule has 1 aromatic heterocycles. The Labute approximate surface area is 186 Å². The van der Waals surface area contributed by atoms with Crippen LogP contribution in [0, 0.1) is 12.7 Å². The molecule has 0 saturated carbocycles. The van der Waals surface area contributed by atoms with E-state index in [1.165, 1.54) is 12.1 Å². The second-order valence-corrected chi connectivity index (χ2v) is 8.10. The van der Waals surface area contributed by atoms with Crippen molar-refractivity contribution in [3.05, 3.63) is 125 Å². The molecule has 2 amide bonds. The zero-order valence-electron chi connectivity index (χ0n) is 17.8.